The quantitative estimate of drug-likeness (QED) is 0.0987. The first-order valence-electron chi connectivity index (χ1n) is 17.2. The highest BCUT2D eigenvalue weighted by atomic mass is 32.2. The van der Waals surface area contributed by atoms with Gasteiger partial charge in [0, 0.05) is 49.5 Å². The molecule has 2 fully saturated rings. The number of ether oxygens (including phenoxy) is 1. The van der Waals surface area contributed by atoms with E-state index < -0.39 is 17.9 Å². The molecule has 9 heteroatoms. The van der Waals surface area contributed by atoms with Crippen LogP contribution in [0.5, 0.6) is 0 Å². The Kier molecular flexibility index (Phi) is 8.72. The predicted octanol–water partition coefficient (Wildman–Crippen LogP) is 7.75. The van der Waals surface area contributed by atoms with Gasteiger partial charge < -0.3 is 4.74 Å². The summed E-state index contributed by atoms with van der Waals surface area (Å²) in [6, 6.07) is 18.9. The van der Waals surface area contributed by atoms with Crippen molar-refractivity contribution in [3.63, 3.8) is 0 Å². The van der Waals surface area contributed by atoms with Crippen molar-refractivity contribution < 1.29 is 13.2 Å². The molecule has 0 bridgehead atoms. The van der Waals surface area contributed by atoms with Crippen LogP contribution in [0, 0.1) is 0 Å². The molecule has 1 unspecified atom stereocenters. The maximum absolute atomic E-state index is 12.9. The molecule has 0 amide bonds. The molecule has 2 aliphatic carbocycles. The molecule has 1 saturated heterocycles. The van der Waals surface area contributed by atoms with E-state index in [-0.39, 0.29) is 5.25 Å². The molecule has 7 nitrogen and oxygen atoms in total. The fraction of sp³-hybridized carbons (Fsp3) is 0.514. The fourth-order valence-electron chi connectivity index (χ4n) is 7.32. The van der Waals surface area contributed by atoms with E-state index in [4.69, 9.17) is 14.8 Å². The van der Waals surface area contributed by atoms with Crippen molar-refractivity contribution in [1.82, 2.24) is 19.7 Å². The zero-order valence-corrected chi connectivity index (χ0v) is 29.7. The maximum atomic E-state index is 12.9. The highest BCUT2D eigenvalue weighted by Crippen LogP contribution is 2.36. The van der Waals surface area contributed by atoms with E-state index >= 15 is 0 Å². The average molecular weight is 657 g/mol. The largest absolute Gasteiger partial charge is 0.359 e. The number of hydrogen-bond acceptors (Lipinski definition) is 6. The summed E-state index contributed by atoms with van der Waals surface area (Å²) in [6.45, 7) is 11.7. The van der Waals surface area contributed by atoms with Gasteiger partial charge in [-0.25, -0.2) is 18.1 Å². The lowest BCUT2D eigenvalue weighted by molar-refractivity contribution is 0.0814. The van der Waals surface area contributed by atoms with Crippen LogP contribution in [-0.2, 0) is 34.1 Å². The number of fused-ring (bicyclic) bond motifs is 2. The summed E-state index contributed by atoms with van der Waals surface area (Å²) in [4.78, 5) is 8.10. The second-order valence-electron chi connectivity index (χ2n) is 15.0. The van der Waals surface area contributed by atoms with Crippen LogP contribution in [0.2, 0.25) is 25.7 Å². The number of pyridine rings is 1. The molecule has 0 radical (unpaired) electrons. The molecule has 3 heterocycles. The van der Waals surface area contributed by atoms with Gasteiger partial charge in [-0.05, 0) is 106 Å². The van der Waals surface area contributed by atoms with E-state index in [0.29, 0.717) is 30.3 Å². The second-order valence-corrected chi connectivity index (χ2v) is 22.9. The highest BCUT2D eigenvalue weighted by molar-refractivity contribution is 7.92. The molecule has 0 N–H and O–H groups in total. The lowest BCUT2D eigenvalue weighted by Gasteiger charge is -2.30. The molecule has 1 aliphatic heterocycles. The van der Waals surface area contributed by atoms with Crippen LogP contribution in [0.4, 0.5) is 0 Å². The van der Waals surface area contributed by atoms with Gasteiger partial charge in [0.05, 0.1) is 10.1 Å². The molecular formula is C37H48N4O3SSi. The maximum Gasteiger partial charge on any atom is 0.181 e. The van der Waals surface area contributed by atoms with Gasteiger partial charge >= 0.3 is 0 Å². The summed E-state index contributed by atoms with van der Waals surface area (Å²) in [5, 5.41) is 5.71. The normalized spacial score (nSPS) is 21.0. The van der Waals surface area contributed by atoms with Gasteiger partial charge in [0.2, 0.25) is 0 Å². The van der Waals surface area contributed by atoms with Crippen molar-refractivity contribution in [2.24, 2.45) is 0 Å². The average Bonchev–Trinajstić information content (AvgIpc) is 3.78. The molecule has 46 heavy (non-hydrogen) atoms. The Bertz CT molecular complexity index is 1830. The Morgan fingerprint density at radius 2 is 1.63 bits per heavy atom. The Morgan fingerprint density at radius 3 is 2.33 bits per heavy atom. The van der Waals surface area contributed by atoms with Gasteiger partial charge in [-0.1, -0.05) is 50.0 Å². The first-order chi connectivity index (χ1) is 22.1. The summed E-state index contributed by atoms with van der Waals surface area (Å²) < 4.78 is 33.7. The van der Waals surface area contributed by atoms with Crippen LogP contribution in [0.25, 0.3) is 33.4 Å². The Balaban J connectivity index is 1.19. The minimum atomic E-state index is -3.25. The molecule has 4 aromatic rings. The monoisotopic (exact) mass is 656 g/mol. The molecule has 0 spiro atoms. The van der Waals surface area contributed by atoms with Crippen LogP contribution in [0.15, 0.2) is 59.6 Å². The minimum Gasteiger partial charge on any atom is -0.359 e. The van der Waals surface area contributed by atoms with Crippen molar-refractivity contribution in [1.29, 1.82) is 0 Å². The molecule has 1 saturated carbocycles. The second kappa shape index (κ2) is 12.6. The summed E-state index contributed by atoms with van der Waals surface area (Å²) in [5.41, 5.74) is 7.64. The van der Waals surface area contributed by atoms with Crippen LogP contribution >= 0.6 is 0 Å². The predicted molar refractivity (Wildman–Crippen MR) is 189 cm³/mol. The summed E-state index contributed by atoms with van der Waals surface area (Å²) in [5.74, 6) is 0. The number of benzene rings is 2. The van der Waals surface area contributed by atoms with E-state index in [1.165, 1.54) is 48.9 Å². The van der Waals surface area contributed by atoms with E-state index in [0.717, 1.165) is 59.6 Å². The number of likely N-dealkylation sites (tertiary alicyclic amines) is 1. The number of sulfone groups is 1. The number of hydrogen-bond donors (Lipinski definition) is 0. The third-order valence-electron chi connectivity index (χ3n) is 10.3. The fourth-order valence-corrected chi connectivity index (χ4v) is 9.74. The van der Waals surface area contributed by atoms with Crippen molar-refractivity contribution in [2.45, 2.75) is 113 Å². The topological polar surface area (TPSA) is 77.3 Å². The summed E-state index contributed by atoms with van der Waals surface area (Å²) >= 11 is 0. The number of nitrogens with zero attached hydrogens (tertiary/aromatic N) is 4. The molecular weight excluding hydrogens is 609 g/mol. The zero-order chi connectivity index (χ0) is 32.1. The van der Waals surface area contributed by atoms with E-state index in [9.17, 15) is 8.42 Å². The summed E-state index contributed by atoms with van der Waals surface area (Å²) in [7, 11) is -4.47. The first-order valence-corrected chi connectivity index (χ1v) is 22.5. The smallest absolute Gasteiger partial charge is 0.181 e. The van der Waals surface area contributed by atoms with E-state index in [1.807, 2.05) is 23.0 Å². The highest BCUT2D eigenvalue weighted by Gasteiger charge is 2.37. The van der Waals surface area contributed by atoms with Gasteiger partial charge in [0.15, 0.2) is 15.5 Å². The van der Waals surface area contributed by atoms with Crippen LogP contribution in [0.1, 0.15) is 56.6 Å². The first kappa shape index (κ1) is 31.7. The number of aryl methyl sites for hydroxylation is 2. The zero-order valence-electron chi connectivity index (χ0n) is 27.8. The van der Waals surface area contributed by atoms with Gasteiger partial charge in [-0.2, -0.15) is 5.10 Å². The number of rotatable bonds is 10. The molecule has 7 rings (SSSR count). The van der Waals surface area contributed by atoms with Gasteiger partial charge in [0.1, 0.15) is 12.4 Å². The lowest BCUT2D eigenvalue weighted by atomic mass is 9.96. The number of aromatic nitrogens is 3. The van der Waals surface area contributed by atoms with Gasteiger partial charge in [-0.15, -0.1) is 0 Å². The van der Waals surface area contributed by atoms with Crippen molar-refractivity contribution in [3.05, 3.63) is 65.9 Å². The molecule has 244 valence electrons. The third kappa shape index (κ3) is 6.61. The molecule has 2 aromatic heterocycles. The Labute approximate surface area is 275 Å². The van der Waals surface area contributed by atoms with Crippen LogP contribution < -0.4 is 0 Å². The van der Waals surface area contributed by atoms with Gasteiger partial charge in [-0.3, -0.25) is 4.90 Å². The SMILES string of the molecule is C[C@H]1CCCN1C1CCc2ccc(-c3cnc4c(c3)c(-c3ccc(S(=O)(=O)C5CC5)cc3)nn4COCC[Si](C)(C)C)cc2CC1. The van der Waals surface area contributed by atoms with E-state index in [2.05, 4.69) is 55.7 Å². The Morgan fingerprint density at radius 1 is 0.891 bits per heavy atom. The van der Waals surface area contributed by atoms with Gasteiger partial charge in [0.25, 0.3) is 0 Å². The van der Waals surface area contributed by atoms with Crippen molar-refractivity contribution >= 4 is 28.9 Å². The third-order valence-corrected chi connectivity index (χ3v) is 14.3. The van der Waals surface area contributed by atoms with Crippen molar-refractivity contribution in [2.75, 3.05) is 13.2 Å². The standard InChI is InChI=1S/C37H48N4O3SSi/c1-26-6-5-19-40(26)32-13-9-27-7-8-30(22-29(27)10-14-32)31-23-35-36(28-11-15-33(16-12-28)45(42,43)34-17-18-34)39-41(37(35)38-24-31)25-44-20-21-46(2,3)4/h7-8,11-12,15-16,22-24,26,32,34H,5-6,9-10,13-14,17-21,25H2,1-4H3/t26-,32?/m0/s1. The molecule has 2 atom stereocenters. The molecule has 3 aliphatic rings. The minimum absolute atomic E-state index is 0.228. The lowest BCUT2D eigenvalue weighted by Crippen LogP contribution is -2.37. The Hall–Kier alpha value is -2.85. The van der Waals surface area contributed by atoms with Crippen LogP contribution in [0.3, 0.4) is 0 Å². The van der Waals surface area contributed by atoms with Crippen molar-refractivity contribution in [3.8, 4) is 22.4 Å². The molecule has 2 aromatic carbocycles. The van der Waals surface area contributed by atoms with Crippen LogP contribution in [-0.4, -0.2) is 66.6 Å². The van der Waals surface area contributed by atoms with E-state index in [1.54, 1.807) is 12.1 Å². The summed E-state index contributed by atoms with van der Waals surface area (Å²) in [6.07, 6.45) is 10.9.